The van der Waals surface area contributed by atoms with Gasteiger partial charge in [0.1, 0.15) is 5.75 Å². The molecule has 0 aliphatic rings. The summed E-state index contributed by atoms with van der Waals surface area (Å²) < 4.78 is 6.18. The van der Waals surface area contributed by atoms with E-state index in [0.29, 0.717) is 36.6 Å². The van der Waals surface area contributed by atoms with Gasteiger partial charge in [-0.1, -0.05) is 374 Å². The number of rotatable bonds is 64. The molecule has 5 nitrogen and oxygen atoms in total. The van der Waals surface area contributed by atoms with Crippen molar-refractivity contribution in [2.24, 2.45) is 0 Å². The fraction of sp³-hybridized carbons (Fsp3) is 0.889. The van der Waals surface area contributed by atoms with Crippen LogP contribution < -0.4 is 15.4 Å². The Balaban J connectivity index is 2.03. The predicted molar refractivity (Wildman–Crippen MR) is 341 cm³/mol. The Morgan fingerprint density at radius 3 is 0.766 bits per heavy atom. The monoisotopic (exact) mass is 1080 g/mol. The van der Waals surface area contributed by atoms with Gasteiger partial charge in [0.25, 0.3) is 11.8 Å². The van der Waals surface area contributed by atoms with Crippen LogP contribution in [0.1, 0.15) is 414 Å². The highest BCUT2D eigenvalue weighted by molar-refractivity contribution is 6.00. The standard InChI is InChI=1S/C72H136N2O3/c1-4-7-10-13-15-17-19-21-23-25-27-29-31-33-35-37-39-41-43-45-47-49-51-53-55-57-59-64-73-71(75)68-62-63-69(70(67-68)77-66-61-12-9-6-3)72(76)74-65-60-58-56-54-52-50-48-46-44-42-40-38-36-34-32-30-28-26-24-22-20-18-16-14-11-8-5-2/h62-63,67H,4-61,64-66H2,1-3H3,(H,73,75)(H,74,76). The summed E-state index contributed by atoms with van der Waals surface area (Å²) in [5.41, 5.74) is 1.10. The van der Waals surface area contributed by atoms with Gasteiger partial charge < -0.3 is 15.4 Å². The molecule has 0 bridgehead atoms. The van der Waals surface area contributed by atoms with Gasteiger partial charge in [0.05, 0.1) is 12.2 Å². The van der Waals surface area contributed by atoms with Gasteiger partial charge in [-0.05, 0) is 37.5 Å². The molecule has 0 aromatic heterocycles. The average Bonchev–Trinajstić information content (AvgIpc) is 3.44. The van der Waals surface area contributed by atoms with Crippen molar-refractivity contribution in [1.29, 1.82) is 0 Å². The van der Waals surface area contributed by atoms with Gasteiger partial charge in [-0.15, -0.1) is 0 Å². The van der Waals surface area contributed by atoms with Crippen molar-refractivity contribution in [3.05, 3.63) is 29.3 Å². The third-order valence-corrected chi connectivity index (χ3v) is 16.9. The van der Waals surface area contributed by atoms with Crippen molar-refractivity contribution in [1.82, 2.24) is 10.6 Å². The summed E-state index contributed by atoms with van der Waals surface area (Å²) in [4.78, 5) is 26.5. The molecular formula is C72H136N2O3. The van der Waals surface area contributed by atoms with Crippen LogP contribution in [-0.2, 0) is 0 Å². The lowest BCUT2D eigenvalue weighted by Crippen LogP contribution is -2.26. The predicted octanol–water partition coefficient (Wildman–Crippen LogP) is 24.2. The van der Waals surface area contributed by atoms with E-state index in [0.717, 1.165) is 38.5 Å². The van der Waals surface area contributed by atoms with Crippen LogP contribution in [0.3, 0.4) is 0 Å². The Bertz CT molecular complexity index is 1350. The number of hydrogen-bond acceptors (Lipinski definition) is 3. The van der Waals surface area contributed by atoms with Crippen LogP contribution in [-0.4, -0.2) is 31.5 Å². The number of benzene rings is 1. The Hall–Kier alpha value is -2.04. The third kappa shape index (κ3) is 51.8. The second-order valence-electron chi connectivity index (χ2n) is 24.5. The summed E-state index contributed by atoms with van der Waals surface area (Å²) >= 11 is 0. The van der Waals surface area contributed by atoms with E-state index in [4.69, 9.17) is 4.74 Å². The largest absolute Gasteiger partial charge is 0.493 e. The summed E-state index contributed by atoms with van der Waals surface area (Å²) in [7, 11) is 0. The maximum absolute atomic E-state index is 13.3. The molecule has 2 amide bonds. The molecule has 0 spiro atoms. The third-order valence-electron chi connectivity index (χ3n) is 16.9. The zero-order valence-electron chi connectivity index (χ0n) is 52.6. The van der Waals surface area contributed by atoms with Crippen molar-refractivity contribution in [2.45, 2.75) is 393 Å². The minimum Gasteiger partial charge on any atom is -0.493 e. The molecule has 1 aromatic carbocycles. The Kier molecular flexibility index (Phi) is 58.4. The highest BCUT2D eigenvalue weighted by atomic mass is 16.5. The molecular weight excluding hydrogens is 941 g/mol. The molecule has 0 heterocycles. The van der Waals surface area contributed by atoms with Crippen LogP contribution in [0, 0.1) is 0 Å². The van der Waals surface area contributed by atoms with E-state index in [1.807, 2.05) is 0 Å². The molecule has 0 atom stereocenters. The smallest absolute Gasteiger partial charge is 0.255 e. The normalized spacial score (nSPS) is 11.5. The lowest BCUT2D eigenvalue weighted by Gasteiger charge is -2.14. The summed E-state index contributed by atoms with van der Waals surface area (Å²) in [6.45, 7) is 8.74. The van der Waals surface area contributed by atoms with Crippen molar-refractivity contribution >= 4 is 11.8 Å². The molecule has 0 saturated carbocycles. The topological polar surface area (TPSA) is 67.4 Å². The first-order chi connectivity index (χ1) is 38.1. The molecule has 1 aromatic rings. The molecule has 0 aliphatic carbocycles. The highest BCUT2D eigenvalue weighted by Gasteiger charge is 2.16. The van der Waals surface area contributed by atoms with E-state index in [9.17, 15) is 9.59 Å². The minimum absolute atomic E-state index is 0.0802. The van der Waals surface area contributed by atoms with E-state index in [2.05, 4.69) is 31.4 Å². The maximum Gasteiger partial charge on any atom is 0.255 e. The number of ether oxygens (including phenoxy) is 1. The van der Waals surface area contributed by atoms with E-state index < -0.39 is 0 Å². The van der Waals surface area contributed by atoms with Crippen LogP contribution in [0.15, 0.2) is 18.2 Å². The fourth-order valence-electron chi connectivity index (χ4n) is 11.5. The van der Waals surface area contributed by atoms with Gasteiger partial charge in [-0.3, -0.25) is 9.59 Å². The lowest BCUT2D eigenvalue weighted by atomic mass is 10.0. The second kappa shape index (κ2) is 61.6. The molecule has 0 radical (unpaired) electrons. The highest BCUT2D eigenvalue weighted by Crippen LogP contribution is 2.23. The quantitative estimate of drug-likeness (QED) is 0.0639. The Morgan fingerprint density at radius 1 is 0.286 bits per heavy atom. The van der Waals surface area contributed by atoms with Crippen LogP contribution >= 0.6 is 0 Å². The SMILES string of the molecule is CCCCCCCCCCCCCCCCCCCCCCCCCCCCCNC(=O)c1ccc(C(=O)NCCCCCCCCCCCCCCCCCCCCCCCCCCCCC)c(OCCCCCC)c1. The molecule has 0 fully saturated rings. The number of carbonyl (C=O) groups excluding carboxylic acids is 2. The van der Waals surface area contributed by atoms with Gasteiger partial charge in [-0.25, -0.2) is 0 Å². The van der Waals surface area contributed by atoms with Crippen molar-refractivity contribution in [2.75, 3.05) is 19.7 Å². The first kappa shape index (κ1) is 73.0. The summed E-state index contributed by atoms with van der Waals surface area (Å²) in [5, 5.41) is 6.28. The van der Waals surface area contributed by atoms with Crippen molar-refractivity contribution in [3.63, 3.8) is 0 Å². The van der Waals surface area contributed by atoms with Gasteiger partial charge in [0.15, 0.2) is 0 Å². The molecule has 0 aliphatic heterocycles. The number of amides is 2. The van der Waals surface area contributed by atoms with Crippen LogP contribution in [0.25, 0.3) is 0 Å². The average molecular weight is 1080 g/mol. The number of unbranched alkanes of at least 4 members (excludes halogenated alkanes) is 55. The Morgan fingerprint density at radius 2 is 0.506 bits per heavy atom. The van der Waals surface area contributed by atoms with E-state index >= 15 is 0 Å². The van der Waals surface area contributed by atoms with Gasteiger partial charge in [0.2, 0.25) is 0 Å². The summed E-state index contributed by atoms with van der Waals surface area (Å²) in [6.07, 6.45) is 79.8. The molecule has 452 valence electrons. The molecule has 77 heavy (non-hydrogen) atoms. The molecule has 5 heteroatoms. The van der Waals surface area contributed by atoms with Crippen LogP contribution in [0.4, 0.5) is 0 Å². The second-order valence-corrected chi connectivity index (χ2v) is 24.5. The molecule has 2 N–H and O–H groups in total. The van der Waals surface area contributed by atoms with Crippen molar-refractivity contribution < 1.29 is 14.3 Å². The van der Waals surface area contributed by atoms with Gasteiger partial charge in [0, 0.05) is 18.7 Å². The summed E-state index contributed by atoms with van der Waals surface area (Å²) in [6, 6.07) is 5.36. The molecule has 1 rings (SSSR count). The first-order valence-corrected chi connectivity index (χ1v) is 35.5. The molecule has 0 saturated heterocycles. The first-order valence-electron chi connectivity index (χ1n) is 35.5. The van der Waals surface area contributed by atoms with Gasteiger partial charge >= 0.3 is 0 Å². The van der Waals surface area contributed by atoms with E-state index in [1.165, 1.54) is 334 Å². The maximum atomic E-state index is 13.3. The lowest BCUT2D eigenvalue weighted by molar-refractivity contribution is 0.0937. The number of nitrogens with one attached hydrogen (secondary N) is 2. The van der Waals surface area contributed by atoms with Gasteiger partial charge in [-0.2, -0.15) is 0 Å². The van der Waals surface area contributed by atoms with Crippen LogP contribution in [0.2, 0.25) is 0 Å². The zero-order chi connectivity index (χ0) is 55.3. The number of carbonyl (C=O) groups is 2. The molecule has 0 unspecified atom stereocenters. The minimum atomic E-state index is -0.101. The summed E-state index contributed by atoms with van der Waals surface area (Å²) in [5.74, 6) is 0.349. The zero-order valence-corrected chi connectivity index (χ0v) is 52.6. The Labute approximate surface area is 482 Å². The number of hydrogen-bond donors (Lipinski definition) is 2. The van der Waals surface area contributed by atoms with E-state index in [-0.39, 0.29) is 11.8 Å². The fourth-order valence-corrected chi connectivity index (χ4v) is 11.5. The van der Waals surface area contributed by atoms with Crippen LogP contribution in [0.5, 0.6) is 5.75 Å². The van der Waals surface area contributed by atoms with Crippen molar-refractivity contribution in [3.8, 4) is 5.75 Å². The van der Waals surface area contributed by atoms with E-state index in [1.54, 1.807) is 18.2 Å².